The third kappa shape index (κ3) is 4.46. The monoisotopic (exact) mass is 355 g/mol. The van der Waals surface area contributed by atoms with Gasteiger partial charge in [-0.15, -0.1) is 0 Å². The van der Waals surface area contributed by atoms with Gasteiger partial charge >= 0.3 is 0 Å². The lowest BCUT2D eigenvalue weighted by atomic mass is 10.3. The van der Waals surface area contributed by atoms with Crippen LogP contribution in [0.2, 0.25) is 0 Å². The minimum Gasteiger partial charge on any atom is -0.465 e. The van der Waals surface area contributed by atoms with E-state index < -0.39 is 9.84 Å². The van der Waals surface area contributed by atoms with Crippen LogP contribution < -0.4 is 0 Å². The van der Waals surface area contributed by atoms with Crippen LogP contribution in [0.1, 0.15) is 24.1 Å². The lowest BCUT2D eigenvalue weighted by Crippen LogP contribution is -2.22. The molecule has 0 atom stereocenters. The number of hydrogen-bond donors (Lipinski definition) is 0. The molecule has 0 radical (unpaired) electrons. The lowest BCUT2D eigenvalue weighted by Gasteiger charge is -2.17. The Labute approximate surface area is 143 Å². The Morgan fingerprint density at radius 3 is 2.67 bits per heavy atom. The number of furan rings is 1. The molecular weight excluding hydrogens is 330 g/mol. The van der Waals surface area contributed by atoms with Crippen LogP contribution in [0, 0.1) is 6.92 Å². The summed E-state index contributed by atoms with van der Waals surface area (Å²) in [5.41, 5.74) is 0.838. The molecule has 0 saturated heterocycles. The summed E-state index contributed by atoms with van der Waals surface area (Å²) in [6.07, 6.45) is 1.63. The molecule has 2 aromatic heterocycles. The number of ether oxygens (including phenoxy) is 1. The highest BCUT2D eigenvalue weighted by atomic mass is 32.2. The number of aromatic nitrogens is 2. The fourth-order valence-electron chi connectivity index (χ4n) is 2.49. The van der Waals surface area contributed by atoms with E-state index >= 15 is 0 Å². The van der Waals surface area contributed by atoms with Crippen LogP contribution in [0.25, 0.3) is 0 Å². The number of methoxy groups -OCH3 is 1. The zero-order valence-electron chi connectivity index (χ0n) is 14.7. The van der Waals surface area contributed by atoms with Crippen molar-refractivity contribution in [2.24, 2.45) is 0 Å². The molecule has 0 aliphatic heterocycles. The maximum Gasteiger partial charge on any atom is 0.227 e. The summed E-state index contributed by atoms with van der Waals surface area (Å²) in [6.45, 7) is 5.61. The van der Waals surface area contributed by atoms with E-state index in [1.54, 1.807) is 24.8 Å². The van der Waals surface area contributed by atoms with Crippen molar-refractivity contribution in [2.75, 3.05) is 26.5 Å². The third-order valence-corrected chi connectivity index (χ3v) is 5.37. The molecule has 8 heteroatoms. The molecule has 0 N–H and O–H groups in total. The van der Waals surface area contributed by atoms with Crippen LogP contribution in [-0.4, -0.2) is 49.4 Å². The van der Waals surface area contributed by atoms with Crippen molar-refractivity contribution in [3.8, 4) is 0 Å². The minimum absolute atomic E-state index is 0.0257. The van der Waals surface area contributed by atoms with Gasteiger partial charge in [-0.05, 0) is 26.1 Å². The first kappa shape index (κ1) is 18.7. The Morgan fingerprint density at radius 2 is 2.08 bits per heavy atom. The Morgan fingerprint density at radius 1 is 1.33 bits per heavy atom. The van der Waals surface area contributed by atoms with Crippen molar-refractivity contribution in [3.63, 3.8) is 0 Å². The second-order valence-corrected chi connectivity index (χ2v) is 7.94. The number of hydrogen-bond acceptors (Lipinski definition) is 6. The molecule has 0 aliphatic carbocycles. The van der Waals surface area contributed by atoms with Crippen molar-refractivity contribution in [2.45, 2.75) is 38.6 Å². The molecule has 2 aromatic rings. The van der Waals surface area contributed by atoms with Crippen molar-refractivity contribution in [3.05, 3.63) is 35.5 Å². The van der Waals surface area contributed by atoms with Crippen LogP contribution in [-0.2, 0) is 34.2 Å². The summed E-state index contributed by atoms with van der Waals surface area (Å²) in [4.78, 5) is 6.20. The molecule has 0 spiro atoms. The smallest absolute Gasteiger partial charge is 0.227 e. The van der Waals surface area contributed by atoms with Crippen LogP contribution >= 0.6 is 0 Å². The maximum absolute atomic E-state index is 12.2. The number of rotatable bonds is 9. The first-order valence-electron chi connectivity index (χ1n) is 7.87. The largest absolute Gasteiger partial charge is 0.465 e. The van der Waals surface area contributed by atoms with Gasteiger partial charge in [0, 0.05) is 20.2 Å². The average Bonchev–Trinajstić information content (AvgIpc) is 3.12. The van der Waals surface area contributed by atoms with Gasteiger partial charge < -0.3 is 13.7 Å². The molecular formula is C16H25N3O4S. The summed E-state index contributed by atoms with van der Waals surface area (Å²) in [7, 11) is 0.181. The fourth-order valence-corrected chi connectivity index (χ4v) is 3.50. The van der Waals surface area contributed by atoms with Crippen LogP contribution in [0.5, 0.6) is 0 Å². The lowest BCUT2D eigenvalue weighted by molar-refractivity contribution is 0.181. The molecule has 134 valence electrons. The van der Waals surface area contributed by atoms with Crippen molar-refractivity contribution >= 4 is 9.84 Å². The maximum atomic E-state index is 12.2. The van der Waals surface area contributed by atoms with E-state index in [0.717, 1.165) is 17.2 Å². The van der Waals surface area contributed by atoms with Gasteiger partial charge in [0.05, 0.1) is 30.8 Å². The van der Waals surface area contributed by atoms with E-state index in [1.807, 2.05) is 26.1 Å². The van der Waals surface area contributed by atoms with E-state index in [-0.39, 0.29) is 10.9 Å². The van der Waals surface area contributed by atoms with E-state index in [4.69, 9.17) is 9.15 Å². The SMILES string of the molecule is CCS(=O)(=O)c1ncc(CN(C)Cc2ccc(C)o2)n1CCOC. The second-order valence-electron chi connectivity index (χ2n) is 5.76. The summed E-state index contributed by atoms with van der Waals surface area (Å²) in [5.74, 6) is 1.78. The highest BCUT2D eigenvalue weighted by Gasteiger charge is 2.22. The number of aryl methyl sites for hydroxylation is 1. The predicted molar refractivity (Wildman–Crippen MR) is 90.4 cm³/mol. The number of sulfone groups is 1. The third-order valence-electron chi connectivity index (χ3n) is 3.73. The molecule has 0 aromatic carbocycles. The summed E-state index contributed by atoms with van der Waals surface area (Å²) < 4.78 is 36.9. The first-order chi connectivity index (χ1) is 11.4. The van der Waals surface area contributed by atoms with Gasteiger partial charge in [-0.1, -0.05) is 6.92 Å². The molecule has 0 bridgehead atoms. The predicted octanol–water partition coefficient (Wildman–Crippen LogP) is 1.86. The topological polar surface area (TPSA) is 77.6 Å². The Kier molecular flexibility index (Phi) is 6.20. The molecule has 24 heavy (non-hydrogen) atoms. The van der Waals surface area contributed by atoms with Gasteiger partial charge in [-0.25, -0.2) is 13.4 Å². The van der Waals surface area contributed by atoms with Crippen molar-refractivity contribution in [1.82, 2.24) is 14.5 Å². The second kappa shape index (κ2) is 7.96. The zero-order chi connectivity index (χ0) is 17.7. The summed E-state index contributed by atoms with van der Waals surface area (Å²) in [5, 5.41) is 0.110. The number of nitrogens with zero attached hydrogens (tertiary/aromatic N) is 3. The molecule has 0 aliphatic rings. The van der Waals surface area contributed by atoms with Gasteiger partial charge in [-0.3, -0.25) is 4.90 Å². The highest BCUT2D eigenvalue weighted by molar-refractivity contribution is 7.91. The average molecular weight is 355 g/mol. The van der Waals surface area contributed by atoms with E-state index in [9.17, 15) is 8.42 Å². The van der Waals surface area contributed by atoms with E-state index in [0.29, 0.717) is 26.2 Å². The molecule has 2 heterocycles. The Hall–Kier alpha value is -1.64. The van der Waals surface area contributed by atoms with Crippen molar-refractivity contribution < 1.29 is 17.6 Å². The normalized spacial score (nSPS) is 12.2. The molecule has 7 nitrogen and oxygen atoms in total. The van der Waals surface area contributed by atoms with Crippen LogP contribution in [0.4, 0.5) is 0 Å². The van der Waals surface area contributed by atoms with Gasteiger partial charge in [0.15, 0.2) is 0 Å². The summed E-state index contributed by atoms with van der Waals surface area (Å²) >= 11 is 0. The fraction of sp³-hybridized carbons (Fsp3) is 0.562. The molecule has 0 saturated carbocycles. The standard InChI is InChI=1S/C16H25N3O4S/c1-5-24(20,21)16-17-10-14(19(16)8-9-22-4)11-18(3)12-15-7-6-13(2)23-15/h6-7,10H,5,8-9,11-12H2,1-4H3. The highest BCUT2D eigenvalue weighted by Crippen LogP contribution is 2.16. The summed E-state index contributed by atoms with van der Waals surface area (Å²) in [6, 6.07) is 3.87. The van der Waals surface area contributed by atoms with E-state index in [1.165, 1.54) is 0 Å². The quantitative estimate of drug-likeness (QED) is 0.683. The Balaban J connectivity index is 2.19. The Bertz CT molecular complexity index is 764. The molecule has 2 rings (SSSR count). The van der Waals surface area contributed by atoms with Crippen LogP contribution in [0.3, 0.4) is 0 Å². The molecule has 0 unspecified atom stereocenters. The number of imidazole rings is 1. The van der Waals surface area contributed by atoms with Gasteiger partial charge in [0.1, 0.15) is 11.5 Å². The molecule has 0 fully saturated rings. The van der Waals surface area contributed by atoms with Crippen LogP contribution in [0.15, 0.2) is 27.9 Å². The van der Waals surface area contributed by atoms with E-state index in [2.05, 4.69) is 9.88 Å². The van der Waals surface area contributed by atoms with Gasteiger partial charge in [0.2, 0.25) is 15.0 Å². The molecule has 0 amide bonds. The minimum atomic E-state index is -3.37. The first-order valence-corrected chi connectivity index (χ1v) is 9.52. The zero-order valence-corrected chi connectivity index (χ0v) is 15.5. The van der Waals surface area contributed by atoms with Gasteiger partial charge in [0.25, 0.3) is 0 Å². The van der Waals surface area contributed by atoms with Gasteiger partial charge in [-0.2, -0.15) is 0 Å². The van der Waals surface area contributed by atoms with Crippen molar-refractivity contribution in [1.29, 1.82) is 0 Å².